The number of hydrogen-bond acceptors (Lipinski definition) is 2. The highest BCUT2D eigenvalue weighted by atomic mass is 79.9. The van der Waals surface area contributed by atoms with Crippen LogP contribution in [-0.2, 0) is 4.79 Å². The van der Waals surface area contributed by atoms with Gasteiger partial charge in [0.15, 0.2) is 0 Å². The Labute approximate surface area is 136 Å². The van der Waals surface area contributed by atoms with Crippen LogP contribution in [0.3, 0.4) is 0 Å². The summed E-state index contributed by atoms with van der Waals surface area (Å²) in [6.07, 6.45) is 2.28. The van der Waals surface area contributed by atoms with Crippen LogP contribution in [-0.4, -0.2) is 35.0 Å². The molecule has 1 saturated carbocycles. The van der Waals surface area contributed by atoms with E-state index in [0.29, 0.717) is 23.7 Å². The van der Waals surface area contributed by atoms with E-state index in [4.69, 9.17) is 16.7 Å². The van der Waals surface area contributed by atoms with E-state index in [9.17, 15) is 9.59 Å². The van der Waals surface area contributed by atoms with E-state index < -0.39 is 5.97 Å². The van der Waals surface area contributed by atoms with Crippen molar-refractivity contribution in [3.05, 3.63) is 33.3 Å². The molecule has 1 aromatic carbocycles. The van der Waals surface area contributed by atoms with Crippen LogP contribution in [0.4, 0.5) is 0 Å². The third-order valence-corrected chi connectivity index (χ3v) is 5.52. The zero-order chi connectivity index (χ0) is 15.2. The van der Waals surface area contributed by atoms with Crippen molar-refractivity contribution >= 4 is 39.4 Å². The molecule has 2 fully saturated rings. The molecule has 1 aromatic rings. The standard InChI is InChI=1S/C15H15BrClNO3/c16-9-1-2-12(17)10(7-9)13(19)18-5-3-15(4-6-18)8-11(15)14(20)21/h1-2,7,11H,3-6,8H2,(H,20,21). The van der Waals surface area contributed by atoms with Crippen LogP contribution in [0.1, 0.15) is 29.6 Å². The number of carboxylic acid groups (broad SMARTS) is 1. The van der Waals surface area contributed by atoms with Gasteiger partial charge in [-0.25, -0.2) is 0 Å². The van der Waals surface area contributed by atoms with Crippen LogP contribution in [0, 0.1) is 11.3 Å². The Morgan fingerprint density at radius 2 is 2.00 bits per heavy atom. The summed E-state index contributed by atoms with van der Waals surface area (Å²) in [4.78, 5) is 25.3. The number of carbonyl (C=O) groups is 2. The number of nitrogens with zero attached hydrogens (tertiary/aromatic N) is 1. The highest BCUT2D eigenvalue weighted by Gasteiger charge is 2.59. The molecule has 2 aliphatic rings. The molecule has 4 nitrogen and oxygen atoms in total. The Morgan fingerprint density at radius 1 is 1.33 bits per heavy atom. The van der Waals surface area contributed by atoms with Crippen LogP contribution in [0.5, 0.6) is 0 Å². The van der Waals surface area contributed by atoms with Gasteiger partial charge in [0.05, 0.1) is 16.5 Å². The molecule has 1 unspecified atom stereocenters. The number of aliphatic carboxylic acids is 1. The van der Waals surface area contributed by atoms with E-state index in [1.807, 2.05) is 0 Å². The Morgan fingerprint density at radius 3 is 2.57 bits per heavy atom. The molecule has 3 rings (SSSR count). The van der Waals surface area contributed by atoms with Crippen LogP contribution in [0.15, 0.2) is 22.7 Å². The molecule has 1 aliphatic carbocycles. The maximum absolute atomic E-state index is 12.5. The first kappa shape index (κ1) is 14.9. The SMILES string of the molecule is O=C(O)C1CC12CCN(C(=O)c1cc(Br)ccc1Cl)CC2. The lowest BCUT2D eigenvalue weighted by atomic mass is 9.90. The van der Waals surface area contributed by atoms with Crippen molar-refractivity contribution in [3.63, 3.8) is 0 Å². The minimum atomic E-state index is -0.704. The van der Waals surface area contributed by atoms with Crippen molar-refractivity contribution < 1.29 is 14.7 Å². The van der Waals surface area contributed by atoms with Crippen molar-refractivity contribution in [2.45, 2.75) is 19.3 Å². The second-order valence-electron chi connectivity index (χ2n) is 5.87. The fraction of sp³-hybridized carbons (Fsp3) is 0.467. The summed E-state index contributed by atoms with van der Waals surface area (Å²) in [5, 5.41) is 9.53. The summed E-state index contributed by atoms with van der Waals surface area (Å²) >= 11 is 9.44. The Kier molecular flexibility index (Phi) is 3.74. The lowest BCUT2D eigenvalue weighted by Gasteiger charge is -2.32. The first-order valence-electron chi connectivity index (χ1n) is 6.90. The molecule has 1 spiro atoms. The number of rotatable bonds is 2. The molecular formula is C15H15BrClNO3. The van der Waals surface area contributed by atoms with Crippen molar-refractivity contribution in [2.24, 2.45) is 11.3 Å². The normalized spacial score (nSPS) is 23.1. The van der Waals surface area contributed by atoms with Crippen molar-refractivity contribution in [3.8, 4) is 0 Å². The number of hydrogen-bond donors (Lipinski definition) is 1. The molecule has 1 saturated heterocycles. The molecule has 1 aliphatic heterocycles. The maximum Gasteiger partial charge on any atom is 0.307 e. The van der Waals surface area contributed by atoms with Crippen LogP contribution < -0.4 is 0 Å². The zero-order valence-corrected chi connectivity index (χ0v) is 13.7. The van der Waals surface area contributed by atoms with Gasteiger partial charge in [0.1, 0.15) is 0 Å². The zero-order valence-electron chi connectivity index (χ0n) is 11.3. The smallest absolute Gasteiger partial charge is 0.307 e. The number of benzene rings is 1. The fourth-order valence-corrected chi connectivity index (χ4v) is 3.80. The van der Waals surface area contributed by atoms with Gasteiger partial charge in [-0.05, 0) is 42.9 Å². The molecule has 1 N–H and O–H groups in total. The second-order valence-corrected chi connectivity index (χ2v) is 7.20. The predicted molar refractivity (Wildman–Crippen MR) is 82.5 cm³/mol. The molecule has 0 bridgehead atoms. The molecule has 21 heavy (non-hydrogen) atoms. The number of halogens is 2. The minimum Gasteiger partial charge on any atom is -0.481 e. The van der Waals surface area contributed by atoms with Gasteiger partial charge in [0.25, 0.3) is 5.91 Å². The molecular weight excluding hydrogens is 358 g/mol. The third-order valence-electron chi connectivity index (χ3n) is 4.69. The summed E-state index contributed by atoms with van der Waals surface area (Å²) in [5.41, 5.74) is 0.427. The molecule has 112 valence electrons. The van der Waals surface area contributed by atoms with Gasteiger partial charge in [0.2, 0.25) is 0 Å². The molecule has 1 amide bonds. The van der Waals surface area contributed by atoms with E-state index in [1.165, 1.54) is 0 Å². The highest BCUT2D eigenvalue weighted by Crippen LogP contribution is 2.59. The quantitative estimate of drug-likeness (QED) is 0.865. The molecule has 1 heterocycles. The Bertz CT molecular complexity index is 611. The van der Waals surface area contributed by atoms with Gasteiger partial charge >= 0.3 is 5.97 Å². The average molecular weight is 373 g/mol. The van der Waals surface area contributed by atoms with E-state index in [0.717, 1.165) is 23.7 Å². The van der Waals surface area contributed by atoms with Gasteiger partial charge in [-0.2, -0.15) is 0 Å². The van der Waals surface area contributed by atoms with E-state index in [2.05, 4.69) is 15.9 Å². The van der Waals surface area contributed by atoms with E-state index in [-0.39, 0.29) is 17.2 Å². The number of carboxylic acids is 1. The predicted octanol–water partition coefficient (Wildman–Crippen LogP) is 3.43. The van der Waals surface area contributed by atoms with Crippen molar-refractivity contribution in [1.82, 2.24) is 4.90 Å². The number of amides is 1. The number of likely N-dealkylation sites (tertiary alicyclic amines) is 1. The van der Waals surface area contributed by atoms with E-state index >= 15 is 0 Å². The van der Waals surface area contributed by atoms with Gasteiger partial charge in [-0.3, -0.25) is 9.59 Å². The van der Waals surface area contributed by atoms with Crippen LogP contribution >= 0.6 is 27.5 Å². The van der Waals surface area contributed by atoms with Crippen LogP contribution in [0.25, 0.3) is 0 Å². The van der Waals surface area contributed by atoms with Crippen molar-refractivity contribution in [1.29, 1.82) is 0 Å². The Hall–Kier alpha value is -1.07. The third kappa shape index (κ3) is 2.69. The first-order chi connectivity index (χ1) is 9.93. The molecule has 0 aromatic heterocycles. The second kappa shape index (κ2) is 5.29. The Balaban J connectivity index is 1.69. The lowest BCUT2D eigenvalue weighted by Crippen LogP contribution is -2.40. The van der Waals surface area contributed by atoms with E-state index in [1.54, 1.807) is 23.1 Å². The molecule has 0 radical (unpaired) electrons. The summed E-state index contributed by atoms with van der Waals surface area (Å²) < 4.78 is 0.817. The summed E-state index contributed by atoms with van der Waals surface area (Å²) in [7, 11) is 0. The van der Waals surface area contributed by atoms with Gasteiger partial charge in [-0.15, -0.1) is 0 Å². The molecule has 6 heteroatoms. The number of piperidine rings is 1. The lowest BCUT2D eigenvalue weighted by molar-refractivity contribution is -0.139. The van der Waals surface area contributed by atoms with Crippen molar-refractivity contribution in [2.75, 3.05) is 13.1 Å². The monoisotopic (exact) mass is 371 g/mol. The maximum atomic E-state index is 12.5. The highest BCUT2D eigenvalue weighted by molar-refractivity contribution is 9.10. The first-order valence-corrected chi connectivity index (χ1v) is 8.07. The minimum absolute atomic E-state index is 0.0658. The molecule has 1 atom stereocenters. The van der Waals surface area contributed by atoms with Gasteiger partial charge < -0.3 is 10.0 Å². The fourth-order valence-electron chi connectivity index (χ4n) is 3.24. The van der Waals surface area contributed by atoms with Crippen LogP contribution in [0.2, 0.25) is 5.02 Å². The topological polar surface area (TPSA) is 57.6 Å². The van der Waals surface area contributed by atoms with Gasteiger partial charge in [0, 0.05) is 17.6 Å². The number of carbonyl (C=O) groups excluding carboxylic acids is 1. The average Bonchev–Trinajstić information content (AvgIpc) is 3.16. The largest absolute Gasteiger partial charge is 0.481 e. The summed E-state index contributed by atoms with van der Waals surface area (Å²) in [6, 6.07) is 5.23. The summed E-state index contributed by atoms with van der Waals surface area (Å²) in [5.74, 6) is -1.00. The van der Waals surface area contributed by atoms with Gasteiger partial charge in [-0.1, -0.05) is 27.5 Å². The summed E-state index contributed by atoms with van der Waals surface area (Å²) in [6.45, 7) is 1.21.